The maximum Gasteiger partial charge on any atom is 0.393 e. The molecule has 2 unspecified atom stereocenters. The van der Waals surface area contributed by atoms with Gasteiger partial charge in [0.1, 0.15) is 0 Å². The minimum absolute atomic E-state index is 0.0823. The molecule has 1 saturated heterocycles. The Morgan fingerprint density at radius 2 is 2.00 bits per heavy atom. The van der Waals surface area contributed by atoms with Crippen LogP contribution in [0.3, 0.4) is 0 Å². The van der Waals surface area contributed by atoms with Gasteiger partial charge in [-0.15, -0.1) is 0 Å². The van der Waals surface area contributed by atoms with E-state index in [1.165, 1.54) is 4.90 Å². The Kier molecular flexibility index (Phi) is 5.16. The largest absolute Gasteiger partial charge is 0.393 e. The number of primary amides is 1. The molecule has 1 aliphatic rings. The zero-order valence-corrected chi connectivity index (χ0v) is 10.7. The Morgan fingerprint density at radius 3 is 2.37 bits per heavy atom. The third kappa shape index (κ3) is 4.38. The Morgan fingerprint density at radius 1 is 1.37 bits per heavy atom. The number of nitrogens with one attached hydrogen (secondary N) is 1. The second-order valence-electron chi connectivity index (χ2n) is 4.60. The maximum absolute atomic E-state index is 12.5. The summed E-state index contributed by atoms with van der Waals surface area (Å²) in [6.07, 6.45) is -4.21. The smallest absolute Gasteiger partial charge is 0.368 e. The van der Waals surface area contributed by atoms with Gasteiger partial charge in [0.2, 0.25) is 11.8 Å². The van der Waals surface area contributed by atoms with Gasteiger partial charge in [-0.1, -0.05) is 0 Å². The summed E-state index contributed by atoms with van der Waals surface area (Å²) < 4.78 is 37.4. The molecule has 0 aromatic heterocycles. The van der Waals surface area contributed by atoms with E-state index in [1.807, 2.05) is 0 Å². The van der Waals surface area contributed by atoms with E-state index >= 15 is 0 Å². The van der Waals surface area contributed by atoms with Crippen molar-refractivity contribution in [3.8, 4) is 0 Å². The van der Waals surface area contributed by atoms with E-state index in [0.29, 0.717) is 6.54 Å². The van der Waals surface area contributed by atoms with Crippen molar-refractivity contribution in [2.75, 3.05) is 19.6 Å². The first kappa shape index (κ1) is 15.7. The fraction of sp³-hybridized carbons (Fsp3) is 0.818. The Hall–Kier alpha value is -1.31. The van der Waals surface area contributed by atoms with Gasteiger partial charge in [-0.05, 0) is 19.8 Å². The van der Waals surface area contributed by atoms with Crippen LogP contribution in [0.2, 0.25) is 0 Å². The molecule has 0 spiro atoms. The van der Waals surface area contributed by atoms with Crippen molar-refractivity contribution >= 4 is 11.8 Å². The van der Waals surface area contributed by atoms with E-state index in [9.17, 15) is 22.8 Å². The van der Waals surface area contributed by atoms with Crippen LogP contribution in [0.4, 0.5) is 13.2 Å². The molecule has 0 saturated carbocycles. The third-order valence-corrected chi connectivity index (χ3v) is 3.22. The van der Waals surface area contributed by atoms with Crippen LogP contribution < -0.4 is 11.1 Å². The van der Waals surface area contributed by atoms with E-state index in [-0.39, 0.29) is 31.8 Å². The van der Waals surface area contributed by atoms with Crippen molar-refractivity contribution in [3.63, 3.8) is 0 Å². The predicted octanol–water partition coefficient (Wildman–Crippen LogP) is 0.251. The van der Waals surface area contributed by atoms with E-state index in [2.05, 4.69) is 5.32 Å². The Balaban J connectivity index is 2.54. The highest BCUT2D eigenvalue weighted by Gasteiger charge is 2.42. The van der Waals surface area contributed by atoms with Crippen LogP contribution in [0.1, 0.15) is 19.8 Å². The molecule has 0 aliphatic carbocycles. The van der Waals surface area contributed by atoms with Crippen LogP contribution in [0, 0.1) is 5.92 Å². The number of likely N-dealkylation sites (N-methyl/N-ethyl adjacent to an activating group) is 1. The second kappa shape index (κ2) is 6.23. The molecule has 0 radical (unpaired) electrons. The van der Waals surface area contributed by atoms with Gasteiger partial charge in [0, 0.05) is 13.1 Å². The molecule has 0 bridgehead atoms. The molecule has 0 aromatic rings. The average Bonchev–Trinajstić information content (AvgIpc) is 2.34. The molecule has 0 aromatic carbocycles. The molecule has 3 N–H and O–H groups in total. The van der Waals surface area contributed by atoms with Crippen LogP contribution in [0.25, 0.3) is 0 Å². The number of piperidine rings is 1. The van der Waals surface area contributed by atoms with E-state index in [0.717, 1.165) is 0 Å². The highest BCUT2D eigenvalue weighted by molar-refractivity contribution is 5.86. The van der Waals surface area contributed by atoms with Crippen molar-refractivity contribution in [2.45, 2.75) is 32.0 Å². The van der Waals surface area contributed by atoms with Crippen molar-refractivity contribution in [2.24, 2.45) is 11.7 Å². The fourth-order valence-electron chi connectivity index (χ4n) is 2.10. The summed E-state index contributed by atoms with van der Waals surface area (Å²) in [7, 11) is 0. The molecule has 2 atom stereocenters. The van der Waals surface area contributed by atoms with Crippen molar-refractivity contribution in [1.82, 2.24) is 10.2 Å². The zero-order chi connectivity index (χ0) is 14.6. The average molecular weight is 281 g/mol. The molecule has 1 rings (SSSR count). The number of alkyl halides is 3. The molecule has 1 heterocycles. The number of carbonyl (C=O) groups is 2. The number of hydrogen-bond donors (Lipinski definition) is 2. The van der Waals surface area contributed by atoms with Crippen molar-refractivity contribution < 1.29 is 22.8 Å². The fourth-order valence-corrected chi connectivity index (χ4v) is 2.10. The second-order valence-corrected chi connectivity index (χ2v) is 4.60. The first-order valence-electron chi connectivity index (χ1n) is 6.12. The lowest BCUT2D eigenvalue weighted by molar-refractivity contribution is -0.180. The summed E-state index contributed by atoms with van der Waals surface area (Å²) in [5.74, 6) is -2.43. The lowest BCUT2D eigenvalue weighted by Crippen LogP contribution is -2.53. The summed E-state index contributed by atoms with van der Waals surface area (Å²) >= 11 is 0. The maximum atomic E-state index is 12.5. The summed E-state index contributed by atoms with van der Waals surface area (Å²) in [5.41, 5.74) is 5.01. The quantitative estimate of drug-likeness (QED) is 0.775. The van der Waals surface area contributed by atoms with Crippen molar-refractivity contribution in [3.05, 3.63) is 0 Å². The number of nitrogens with two attached hydrogens (primary N) is 1. The minimum Gasteiger partial charge on any atom is -0.368 e. The van der Waals surface area contributed by atoms with Gasteiger partial charge < -0.3 is 16.0 Å². The summed E-state index contributed by atoms with van der Waals surface area (Å²) in [5, 5.41) is 2.60. The molecule has 1 fully saturated rings. The van der Waals surface area contributed by atoms with Gasteiger partial charge in [0.25, 0.3) is 0 Å². The number of nitrogens with zero attached hydrogens (tertiary/aromatic N) is 1. The highest BCUT2D eigenvalue weighted by atomic mass is 19.4. The summed E-state index contributed by atoms with van der Waals surface area (Å²) in [6, 6.07) is -0.669. The number of amides is 2. The molecule has 8 heteroatoms. The molecule has 19 heavy (non-hydrogen) atoms. The third-order valence-electron chi connectivity index (χ3n) is 3.22. The van der Waals surface area contributed by atoms with E-state index < -0.39 is 24.0 Å². The van der Waals surface area contributed by atoms with Gasteiger partial charge in [-0.25, -0.2) is 0 Å². The molecule has 5 nitrogen and oxygen atoms in total. The number of rotatable bonds is 4. The summed E-state index contributed by atoms with van der Waals surface area (Å²) in [6.45, 7) is 1.50. The lowest BCUT2D eigenvalue weighted by Gasteiger charge is -2.33. The van der Waals surface area contributed by atoms with Gasteiger partial charge in [0.05, 0.1) is 18.5 Å². The van der Waals surface area contributed by atoms with Crippen LogP contribution in [0.5, 0.6) is 0 Å². The normalized spacial score (nSPS) is 24.0. The topological polar surface area (TPSA) is 75.4 Å². The van der Waals surface area contributed by atoms with Gasteiger partial charge in [0.15, 0.2) is 0 Å². The van der Waals surface area contributed by atoms with Crippen LogP contribution in [-0.2, 0) is 9.59 Å². The van der Waals surface area contributed by atoms with Gasteiger partial charge >= 0.3 is 6.18 Å². The lowest BCUT2D eigenvalue weighted by atomic mass is 9.93. The Bertz CT molecular complexity index is 339. The number of hydrogen-bond acceptors (Lipinski definition) is 3. The first-order valence-corrected chi connectivity index (χ1v) is 6.12. The standard InChI is InChI=1S/C11H18F3N3O2/c1-2-17(6-9(15)18)10(19)8-4-3-7(5-16-8)11(12,13)14/h7-8,16H,2-6H2,1H3,(H2,15,18). The van der Waals surface area contributed by atoms with Crippen molar-refractivity contribution in [1.29, 1.82) is 0 Å². The minimum atomic E-state index is -4.24. The molecule has 1 aliphatic heterocycles. The predicted molar refractivity (Wildman–Crippen MR) is 62.0 cm³/mol. The highest BCUT2D eigenvalue weighted by Crippen LogP contribution is 2.32. The van der Waals surface area contributed by atoms with E-state index in [1.54, 1.807) is 6.92 Å². The van der Waals surface area contributed by atoms with E-state index in [4.69, 9.17) is 5.73 Å². The molecule has 110 valence electrons. The van der Waals surface area contributed by atoms with Crippen LogP contribution in [0.15, 0.2) is 0 Å². The molecular formula is C11H18F3N3O2. The number of carbonyl (C=O) groups excluding carboxylic acids is 2. The molecule has 2 amide bonds. The zero-order valence-electron chi connectivity index (χ0n) is 10.7. The van der Waals surface area contributed by atoms with Crippen LogP contribution in [-0.4, -0.2) is 48.6 Å². The van der Waals surface area contributed by atoms with Gasteiger partial charge in [-0.3, -0.25) is 9.59 Å². The van der Waals surface area contributed by atoms with Gasteiger partial charge in [-0.2, -0.15) is 13.2 Å². The SMILES string of the molecule is CCN(CC(N)=O)C(=O)C1CCC(C(F)(F)F)CN1. The Labute approximate surface area is 109 Å². The first-order chi connectivity index (χ1) is 8.75. The summed E-state index contributed by atoms with van der Waals surface area (Å²) in [4.78, 5) is 24.0. The number of halogens is 3. The monoisotopic (exact) mass is 281 g/mol. The van der Waals surface area contributed by atoms with Crippen LogP contribution >= 0.6 is 0 Å². The molecular weight excluding hydrogens is 263 g/mol.